The van der Waals surface area contributed by atoms with Gasteiger partial charge in [-0.05, 0) is 50.1 Å². The fourth-order valence-electron chi connectivity index (χ4n) is 3.58. The molecule has 1 aliphatic heterocycles. The maximum atomic E-state index is 6.20. The molecule has 3 nitrogen and oxygen atoms in total. The van der Waals surface area contributed by atoms with Crippen LogP contribution in [0, 0.1) is 0 Å². The minimum atomic E-state index is 0.715. The first-order valence-electron chi connectivity index (χ1n) is 8.47. The Bertz CT molecular complexity index is 794. The molecule has 0 saturated carbocycles. The Morgan fingerprint density at radius 3 is 2.87 bits per heavy atom. The maximum Gasteiger partial charge on any atom is 0.142 e. The lowest BCUT2D eigenvalue weighted by molar-refractivity contribution is 0.266. The number of fused-ring (bicyclic) bond motifs is 1. The van der Waals surface area contributed by atoms with Gasteiger partial charge in [-0.3, -0.25) is 4.98 Å². The molecule has 2 aromatic heterocycles. The summed E-state index contributed by atoms with van der Waals surface area (Å²) in [6, 6.07) is 13.3. The molecule has 1 aromatic carbocycles. The van der Waals surface area contributed by atoms with Crippen LogP contribution in [0.5, 0.6) is 0 Å². The van der Waals surface area contributed by atoms with Gasteiger partial charge in [0.2, 0.25) is 0 Å². The minimum absolute atomic E-state index is 0.715. The van der Waals surface area contributed by atoms with Crippen molar-refractivity contribution in [1.82, 2.24) is 9.88 Å². The number of hydrogen-bond acceptors (Lipinski definition) is 3. The topological polar surface area (TPSA) is 29.3 Å². The normalized spacial score (nSPS) is 18.7. The maximum absolute atomic E-state index is 6.20. The molecule has 4 rings (SSSR count). The summed E-state index contributed by atoms with van der Waals surface area (Å²) >= 11 is 0. The highest BCUT2D eigenvalue weighted by Crippen LogP contribution is 2.31. The Labute approximate surface area is 136 Å². The van der Waals surface area contributed by atoms with E-state index in [4.69, 9.17) is 4.42 Å². The molecule has 1 fully saturated rings. The van der Waals surface area contributed by atoms with Gasteiger partial charge in [0, 0.05) is 42.4 Å². The number of furan rings is 1. The molecule has 3 heteroatoms. The second-order valence-corrected chi connectivity index (χ2v) is 6.45. The van der Waals surface area contributed by atoms with Gasteiger partial charge in [-0.15, -0.1) is 0 Å². The Morgan fingerprint density at radius 1 is 1.22 bits per heavy atom. The van der Waals surface area contributed by atoms with Crippen LogP contribution in [0.2, 0.25) is 0 Å². The van der Waals surface area contributed by atoms with Gasteiger partial charge in [-0.25, -0.2) is 0 Å². The smallest absolute Gasteiger partial charge is 0.142 e. The Hall–Kier alpha value is -2.13. The van der Waals surface area contributed by atoms with E-state index in [0.717, 1.165) is 35.4 Å². The third-order valence-corrected chi connectivity index (χ3v) is 4.92. The monoisotopic (exact) mass is 306 g/mol. The highest BCUT2D eigenvalue weighted by Gasteiger charge is 2.20. The van der Waals surface area contributed by atoms with Crippen molar-refractivity contribution in [1.29, 1.82) is 0 Å². The van der Waals surface area contributed by atoms with Crippen molar-refractivity contribution in [3.05, 3.63) is 54.6 Å². The van der Waals surface area contributed by atoms with Crippen LogP contribution >= 0.6 is 0 Å². The Balaban J connectivity index is 1.60. The second kappa shape index (κ2) is 6.17. The Morgan fingerprint density at radius 2 is 2.09 bits per heavy atom. The molecular formula is C20H22N2O. The summed E-state index contributed by atoms with van der Waals surface area (Å²) in [6.45, 7) is 4.64. The number of benzene rings is 1. The van der Waals surface area contributed by atoms with E-state index in [1.807, 2.05) is 24.5 Å². The van der Waals surface area contributed by atoms with Gasteiger partial charge in [-0.2, -0.15) is 0 Å². The number of para-hydroxylation sites is 1. The molecule has 0 N–H and O–H groups in total. The minimum Gasteiger partial charge on any atom is -0.460 e. The van der Waals surface area contributed by atoms with Gasteiger partial charge in [0.25, 0.3) is 0 Å². The van der Waals surface area contributed by atoms with Crippen LogP contribution in [0.25, 0.3) is 22.1 Å². The van der Waals surface area contributed by atoms with Crippen molar-refractivity contribution < 1.29 is 4.42 Å². The highest BCUT2D eigenvalue weighted by molar-refractivity contribution is 5.92. The van der Waals surface area contributed by atoms with Crippen molar-refractivity contribution in [2.45, 2.75) is 32.2 Å². The van der Waals surface area contributed by atoms with Gasteiger partial charge >= 0.3 is 0 Å². The number of aromatic nitrogens is 1. The van der Waals surface area contributed by atoms with Crippen LogP contribution in [-0.2, 0) is 6.42 Å². The fourth-order valence-corrected chi connectivity index (χ4v) is 3.58. The van der Waals surface area contributed by atoms with E-state index in [1.165, 1.54) is 24.8 Å². The third kappa shape index (κ3) is 2.89. The summed E-state index contributed by atoms with van der Waals surface area (Å²) in [5.74, 6) is 1.08. The van der Waals surface area contributed by atoms with E-state index in [2.05, 4.69) is 41.1 Å². The summed E-state index contributed by atoms with van der Waals surface area (Å²) in [5, 5.41) is 1.18. The summed E-state index contributed by atoms with van der Waals surface area (Å²) in [6.07, 6.45) is 7.29. The molecule has 1 saturated heterocycles. The van der Waals surface area contributed by atoms with Gasteiger partial charge in [0.15, 0.2) is 0 Å². The zero-order valence-corrected chi connectivity index (χ0v) is 13.5. The van der Waals surface area contributed by atoms with E-state index >= 15 is 0 Å². The number of pyridine rings is 1. The third-order valence-electron chi connectivity index (χ3n) is 4.92. The van der Waals surface area contributed by atoms with E-state index in [9.17, 15) is 0 Å². The van der Waals surface area contributed by atoms with Gasteiger partial charge < -0.3 is 9.32 Å². The molecule has 0 radical (unpaired) electrons. The quantitative estimate of drug-likeness (QED) is 0.709. The van der Waals surface area contributed by atoms with Crippen LogP contribution in [0.4, 0.5) is 0 Å². The summed E-state index contributed by atoms with van der Waals surface area (Å²) in [7, 11) is 0. The molecule has 0 spiro atoms. The summed E-state index contributed by atoms with van der Waals surface area (Å²) < 4.78 is 6.20. The number of nitrogens with zero attached hydrogens (tertiary/aromatic N) is 2. The molecule has 118 valence electrons. The van der Waals surface area contributed by atoms with Gasteiger partial charge in [0.1, 0.15) is 11.3 Å². The number of rotatable bonds is 4. The predicted octanol–water partition coefficient (Wildman–Crippen LogP) is 4.52. The van der Waals surface area contributed by atoms with Crippen molar-refractivity contribution in [3.8, 4) is 11.1 Å². The molecule has 3 heterocycles. The molecule has 0 amide bonds. The van der Waals surface area contributed by atoms with Crippen molar-refractivity contribution in [3.63, 3.8) is 0 Å². The molecule has 0 aliphatic carbocycles. The molecule has 3 aromatic rings. The zero-order chi connectivity index (χ0) is 15.6. The van der Waals surface area contributed by atoms with Gasteiger partial charge in [-0.1, -0.05) is 18.2 Å². The number of likely N-dealkylation sites (tertiary alicyclic amines) is 1. The van der Waals surface area contributed by atoms with E-state index < -0.39 is 0 Å². The first kappa shape index (κ1) is 14.5. The lowest BCUT2D eigenvalue weighted by Crippen LogP contribution is -2.28. The molecule has 0 bridgehead atoms. The lowest BCUT2D eigenvalue weighted by Gasteiger charge is -2.19. The molecule has 1 atom stereocenters. The largest absolute Gasteiger partial charge is 0.460 e. The highest BCUT2D eigenvalue weighted by atomic mass is 16.3. The molecule has 0 unspecified atom stereocenters. The fraction of sp³-hybridized carbons (Fsp3) is 0.350. The molecule has 23 heavy (non-hydrogen) atoms. The van der Waals surface area contributed by atoms with Crippen molar-refractivity contribution >= 4 is 11.0 Å². The van der Waals surface area contributed by atoms with E-state index in [1.54, 1.807) is 0 Å². The average molecular weight is 306 g/mol. The van der Waals surface area contributed by atoms with Crippen LogP contribution in [0.3, 0.4) is 0 Å². The van der Waals surface area contributed by atoms with E-state index in [-0.39, 0.29) is 0 Å². The Kier molecular flexibility index (Phi) is 3.88. The average Bonchev–Trinajstić information content (AvgIpc) is 3.19. The summed E-state index contributed by atoms with van der Waals surface area (Å²) in [5.41, 5.74) is 3.29. The van der Waals surface area contributed by atoms with Crippen molar-refractivity contribution in [2.24, 2.45) is 0 Å². The predicted molar refractivity (Wildman–Crippen MR) is 93.4 cm³/mol. The first-order chi connectivity index (χ1) is 11.3. The van der Waals surface area contributed by atoms with Gasteiger partial charge in [0.05, 0.1) is 0 Å². The second-order valence-electron chi connectivity index (χ2n) is 6.45. The standard InChI is InChI=1S/C20H22N2O/c1-15-4-3-12-22(15)13-9-18-14-17-5-2-6-19(20(17)23-18)16-7-10-21-11-8-16/h2,5-8,10-11,14-15H,3-4,9,12-13H2,1H3/t15-/m1/s1. The number of hydrogen-bond donors (Lipinski definition) is 0. The van der Waals surface area contributed by atoms with Crippen LogP contribution in [-0.4, -0.2) is 29.0 Å². The molecule has 1 aliphatic rings. The SMILES string of the molecule is C[C@@H]1CCCN1CCc1cc2cccc(-c3ccncc3)c2o1. The van der Waals surface area contributed by atoms with Crippen LogP contribution in [0.1, 0.15) is 25.5 Å². The van der Waals surface area contributed by atoms with Crippen molar-refractivity contribution in [2.75, 3.05) is 13.1 Å². The van der Waals surface area contributed by atoms with Crippen LogP contribution < -0.4 is 0 Å². The molecular weight excluding hydrogens is 284 g/mol. The summed E-state index contributed by atoms with van der Waals surface area (Å²) in [4.78, 5) is 6.67. The van der Waals surface area contributed by atoms with E-state index in [0.29, 0.717) is 6.04 Å². The first-order valence-corrected chi connectivity index (χ1v) is 8.47. The zero-order valence-electron chi connectivity index (χ0n) is 13.5. The van der Waals surface area contributed by atoms with Crippen LogP contribution in [0.15, 0.2) is 53.2 Å². The lowest BCUT2D eigenvalue weighted by atomic mass is 10.1.